The van der Waals surface area contributed by atoms with Crippen LogP contribution >= 0.6 is 0 Å². The van der Waals surface area contributed by atoms with Gasteiger partial charge in [-0.2, -0.15) is 0 Å². The normalized spacial score (nSPS) is 9.45. The summed E-state index contributed by atoms with van der Waals surface area (Å²) in [5, 5.41) is 2.11. The third-order valence-electron chi connectivity index (χ3n) is 2.06. The van der Waals surface area contributed by atoms with Crippen molar-refractivity contribution < 1.29 is 23.9 Å². The Balaban J connectivity index is 2.59. The summed E-state index contributed by atoms with van der Waals surface area (Å²) in [4.78, 5) is 45.2. The Morgan fingerprint density at radius 2 is 1.80 bits per heavy atom. The molecule has 7 nitrogen and oxygen atoms in total. The van der Waals surface area contributed by atoms with Crippen molar-refractivity contribution in [2.45, 2.75) is 6.92 Å². The predicted molar refractivity (Wildman–Crippen MR) is 68.9 cm³/mol. The van der Waals surface area contributed by atoms with E-state index in [1.807, 2.05) is 0 Å². The van der Waals surface area contributed by atoms with Gasteiger partial charge in [0.1, 0.15) is 0 Å². The molecule has 0 radical (unpaired) electrons. The lowest BCUT2D eigenvalue weighted by Gasteiger charge is -2.04. The first-order chi connectivity index (χ1) is 9.54. The predicted octanol–water partition coefficient (Wildman–Crippen LogP) is 0.0916. The molecule has 106 valence electrons. The van der Waals surface area contributed by atoms with Crippen molar-refractivity contribution in [2.24, 2.45) is 0 Å². The number of carbonyl (C=O) groups is 3. The van der Waals surface area contributed by atoms with Crippen LogP contribution in [0.2, 0.25) is 0 Å². The van der Waals surface area contributed by atoms with Gasteiger partial charge in [0.2, 0.25) is 5.43 Å². The second-order valence-corrected chi connectivity index (χ2v) is 3.52. The molecule has 0 spiro atoms. The summed E-state index contributed by atoms with van der Waals surface area (Å²) < 4.78 is 8.95. The second-order valence-electron chi connectivity index (χ2n) is 3.52. The van der Waals surface area contributed by atoms with Gasteiger partial charge in [0.05, 0.1) is 12.3 Å². The third-order valence-corrected chi connectivity index (χ3v) is 2.06. The molecule has 7 heteroatoms. The lowest BCUT2D eigenvalue weighted by molar-refractivity contribution is -0.161. The first-order valence-corrected chi connectivity index (χ1v) is 5.77. The molecule has 0 heterocycles. The number of hydrogen-bond donors (Lipinski definition) is 1. The van der Waals surface area contributed by atoms with Gasteiger partial charge in [0.25, 0.3) is 0 Å². The van der Waals surface area contributed by atoms with Gasteiger partial charge in [-0.25, -0.2) is 9.59 Å². The Morgan fingerprint density at radius 3 is 2.50 bits per heavy atom. The highest BCUT2D eigenvalue weighted by Crippen LogP contribution is 1.97. The Bertz CT molecular complexity index is 569. The Kier molecular flexibility index (Phi) is 5.89. The molecule has 0 bridgehead atoms. The number of nitrogens with one attached hydrogen (secondary N) is 1. The molecule has 0 saturated carbocycles. The number of rotatable bonds is 4. The highest BCUT2D eigenvalue weighted by atomic mass is 16.6. The van der Waals surface area contributed by atoms with Crippen molar-refractivity contribution >= 4 is 23.5 Å². The number of amides is 1. The van der Waals surface area contributed by atoms with Crippen molar-refractivity contribution in [3.05, 3.63) is 40.6 Å². The lowest BCUT2D eigenvalue weighted by atomic mass is 10.4. The van der Waals surface area contributed by atoms with Gasteiger partial charge in [0, 0.05) is 0 Å². The van der Waals surface area contributed by atoms with Gasteiger partial charge in [-0.3, -0.25) is 9.59 Å². The van der Waals surface area contributed by atoms with Crippen LogP contribution in [0, 0.1) is 0 Å². The van der Waals surface area contributed by atoms with Crippen molar-refractivity contribution in [1.82, 2.24) is 0 Å². The van der Waals surface area contributed by atoms with Gasteiger partial charge >= 0.3 is 17.8 Å². The third kappa shape index (κ3) is 4.89. The van der Waals surface area contributed by atoms with Gasteiger partial charge in [-0.1, -0.05) is 18.2 Å². The Labute approximate surface area is 114 Å². The van der Waals surface area contributed by atoms with Crippen LogP contribution in [0.4, 0.5) is 5.69 Å². The van der Waals surface area contributed by atoms with Crippen LogP contribution in [-0.4, -0.2) is 31.1 Å². The van der Waals surface area contributed by atoms with Crippen LogP contribution < -0.4 is 10.7 Å². The van der Waals surface area contributed by atoms with E-state index in [0.29, 0.717) is 0 Å². The molecule has 1 aromatic carbocycles. The van der Waals surface area contributed by atoms with Crippen molar-refractivity contribution in [1.29, 1.82) is 0 Å². The Morgan fingerprint density at radius 1 is 1.10 bits per heavy atom. The average Bonchev–Trinajstić information content (AvgIpc) is 2.61. The monoisotopic (exact) mass is 279 g/mol. The maximum absolute atomic E-state index is 11.5. The number of anilines is 1. The number of esters is 2. The molecule has 1 aromatic rings. The molecule has 0 saturated heterocycles. The molecule has 0 aliphatic carbocycles. The van der Waals surface area contributed by atoms with E-state index in [4.69, 9.17) is 0 Å². The van der Waals surface area contributed by atoms with E-state index in [0.717, 1.165) is 0 Å². The molecule has 1 N–H and O–H groups in total. The van der Waals surface area contributed by atoms with Gasteiger partial charge < -0.3 is 14.8 Å². The first kappa shape index (κ1) is 15.4. The van der Waals surface area contributed by atoms with Crippen LogP contribution in [0.5, 0.6) is 0 Å². The van der Waals surface area contributed by atoms with Crippen molar-refractivity contribution in [2.75, 3.05) is 18.5 Å². The van der Waals surface area contributed by atoms with E-state index < -0.39 is 29.9 Å². The minimum atomic E-state index is -1.27. The molecular formula is C13H13NO6. The van der Waals surface area contributed by atoms with Gasteiger partial charge in [-0.15, -0.1) is 0 Å². The lowest BCUT2D eigenvalue weighted by Crippen LogP contribution is -2.29. The summed E-state index contributed by atoms with van der Waals surface area (Å²) in [5.74, 6) is -3.18. The standard InChI is InChI=1S/C13H13NO6/c1-2-19-11(16)8-20-13(18)12(17)14-9-6-4-3-5-7-10(9)15/h3-7H,2,8H2,1H3,(H,14,15,17). The van der Waals surface area contributed by atoms with Crippen molar-refractivity contribution in [3.8, 4) is 0 Å². The van der Waals surface area contributed by atoms with Crippen LogP contribution in [-0.2, 0) is 23.9 Å². The van der Waals surface area contributed by atoms with E-state index in [1.165, 1.54) is 24.3 Å². The number of ether oxygens (including phenoxy) is 2. The maximum Gasteiger partial charge on any atom is 0.397 e. The van der Waals surface area contributed by atoms with E-state index in [2.05, 4.69) is 14.8 Å². The zero-order valence-electron chi connectivity index (χ0n) is 10.8. The molecule has 0 aliphatic rings. The maximum atomic E-state index is 11.5. The molecule has 1 rings (SSSR count). The van der Waals surface area contributed by atoms with Gasteiger partial charge in [0.15, 0.2) is 6.61 Å². The largest absolute Gasteiger partial charge is 0.463 e. The fraction of sp³-hybridized carbons (Fsp3) is 0.231. The van der Waals surface area contributed by atoms with Crippen LogP contribution in [0.3, 0.4) is 0 Å². The van der Waals surface area contributed by atoms with E-state index in [-0.39, 0.29) is 12.3 Å². The van der Waals surface area contributed by atoms with Crippen LogP contribution in [0.25, 0.3) is 0 Å². The zero-order valence-corrected chi connectivity index (χ0v) is 10.8. The summed E-state index contributed by atoms with van der Waals surface area (Å²) in [6, 6.07) is 7.20. The smallest absolute Gasteiger partial charge is 0.397 e. The zero-order chi connectivity index (χ0) is 15.0. The van der Waals surface area contributed by atoms with Crippen LogP contribution in [0.15, 0.2) is 35.1 Å². The summed E-state index contributed by atoms with van der Waals surface area (Å²) in [7, 11) is 0. The second kappa shape index (κ2) is 7.67. The first-order valence-electron chi connectivity index (χ1n) is 5.77. The number of hydrogen-bond acceptors (Lipinski definition) is 6. The van der Waals surface area contributed by atoms with Crippen LogP contribution in [0.1, 0.15) is 6.92 Å². The highest BCUT2D eigenvalue weighted by molar-refractivity contribution is 6.37. The molecule has 0 unspecified atom stereocenters. The molecule has 0 atom stereocenters. The number of carbonyl (C=O) groups excluding carboxylic acids is 3. The summed E-state index contributed by atoms with van der Waals surface area (Å²) in [6.07, 6.45) is 0. The van der Waals surface area contributed by atoms with Gasteiger partial charge in [-0.05, 0) is 19.1 Å². The van der Waals surface area contributed by atoms with Crippen molar-refractivity contribution in [3.63, 3.8) is 0 Å². The summed E-state index contributed by atoms with van der Waals surface area (Å²) in [6.45, 7) is 1.08. The average molecular weight is 279 g/mol. The van der Waals surface area contributed by atoms with E-state index in [1.54, 1.807) is 13.0 Å². The molecule has 20 heavy (non-hydrogen) atoms. The quantitative estimate of drug-likeness (QED) is 0.619. The molecular weight excluding hydrogens is 266 g/mol. The fourth-order valence-corrected chi connectivity index (χ4v) is 1.20. The fourth-order valence-electron chi connectivity index (χ4n) is 1.20. The Hall–Kier alpha value is -2.70. The van der Waals surface area contributed by atoms with E-state index in [9.17, 15) is 19.2 Å². The SMILES string of the molecule is CCOC(=O)COC(=O)C(=O)Nc1cccccc1=O. The van der Waals surface area contributed by atoms with E-state index >= 15 is 0 Å². The summed E-state index contributed by atoms with van der Waals surface area (Å²) in [5.41, 5.74) is -0.519. The molecule has 0 fully saturated rings. The molecule has 1 amide bonds. The minimum absolute atomic E-state index is 0.0620. The minimum Gasteiger partial charge on any atom is -0.463 e. The molecule has 0 aromatic heterocycles. The summed E-state index contributed by atoms with van der Waals surface area (Å²) >= 11 is 0. The topological polar surface area (TPSA) is 98.8 Å². The highest BCUT2D eigenvalue weighted by Gasteiger charge is 2.18. The molecule has 0 aliphatic heterocycles.